The lowest BCUT2D eigenvalue weighted by Gasteiger charge is -2.23. The monoisotopic (exact) mass is 277 g/mol. The second kappa shape index (κ2) is 7.21. The summed E-state index contributed by atoms with van der Waals surface area (Å²) in [6.07, 6.45) is 6.73. The Morgan fingerprint density at radius 1 is 1.45 bits per heavy atom. The fourth-order valence-electron chi connectivity index (χ4n) is 2.59. The van der Waals surface area contributed by atoms with Crippen LogP contribution in [0.2, 0.25) is 0 Å². The van der Waals surface area contributed by atoms with Gasteiger partial charge in [-0.1, -0.05) is 12.8 Å². The minimum Gasteiger partial charge on any atom is -0.351 e. The Kier molecular flexibility index (Phi) is 5.31. The number of aromatic nitrogens is 1. The molecule has 2 rings (SSSR count). The standard InChI is InChI=1S/C14H23N5O/c1-19(12-4-2-3-5-12)9-8-16-14(20)11-6-7-13(18-15)17-10-11/h6-7,10,12H,2-5,8-9,15H2,1H3,(H,16,20)(H,17,18). The van der Waals surface area contributed by atoms with E-state index >= 15 is 0 Å². The van der Waals surface area contributed by atoms with Crippen LogP contribution < -0.4 is 16.6 Å². The molecule has 0 bridgehead atoms. The molecule has 1 aromatic heterocycles. The maximum absolute atomic E-state index is 11.9. The van der Waals surface area contributed by atoms with Crippen LogP contribution in [0.3, 0.4) is 0 Å². The SMILES string of the molecule is CN(CCNC(=O)c1ccc(NN)nc1)C1CCCC1. The van der Waals surface area contributed by atoms with Gasteiger partial charge in [-0.2, -0.15) is 0 Å². The highest BCUT2D eigenvalue weighted by Gasteiger charge is 2.19. The molecule has 0 saturated heterocycles. The number of likely N-dealkylation sites (N-methyl/N-ethyl adjacent to an activating group) is 1. The number of carbonyl (C=O) groups excluding carboxylic acids is 1. The van der Waals surface area contributed by atoms with Crippen molar-refractivity contribution < 1.29 is 4.79 Å². The van der Waals surface area contributed by atoms with Crippen LogP contribution in [0.4, 0.5) is 5.82 Å². The van der Waals surface area contributed by atoms with Gasteiger partial charge in [0.05, 0.1) is 5.56 Å². The molecule has 1 saturated carbocycles. The Bertz CT molecular complexity index is 428. The minimum absolute atomic E-state index is 0.0964. The predicted octanol–water partition coefficient (Wildman–Crippen LogP) is 0.971. The van der Waals surface area contributed by atoms with Crippen LogP contribution in [0.1, 0.15) is 36.0 Å². The fourth-order valence-corrected chi connectivity index (χ4v) is 2.59. The quantitative estimate of drug-likeness (QED) is 0.533. The van der Waals surface area contributed by atoms with Crippen molar-refractivity contribution >= 4 is 11.7 Å². The molecular formula is C14H23N5O. The molecule has 6 heteroatoms. The Morgan fingerprint density at radius 2 is 2.20 bits per heavy atom. The molecule has 1 fully saturated rings. The summed E-state index contributed by atoms with van der Waals surface area (Å²) in [4.78, 5) is 18.3. The molecule has 0 atom stereocenters. The summed E-state index contributed by atoms with van der Waals surface area (Å²) in [5, 5.41) is 2.92. The number of hydrogen-bond acceptors (Lipinski definition) is 5. The number of anilines is 1. The van der Waals surface area contributed by atoms with Gasteiger partial charge in [-0.05, 0) is 32.0 Å². The van der Waals surface area contributed by atoms with Crippen LogP contribution in [-0.4, -0.2) is 42.0 Å². The molecule has 1 aromatic rings. The van der Waals surface area contributed by atoms with Crippen molar-refractivity contribution in [2.45, 2.75) is 31.7 Å². The molecular weight excluding hydrogens is 254 g/mol. The van der Waals surface area contributed by atoms with E-state index in [0.717, 1.165) is 6.54 Å². The first-order valence-corrected chi connectivity index (χ1v) is 7.12. The third-order valence-electron chi connectivity index (χ3n) is 3.87. The Labute approximate surface area is 119 Å². The second-order valence-electron chi connectivity index (χ2n) is 5.25. The van der Waals surface area contributed by atoms with Gasteiger partial charge in [0.1, 0.15) is 5.82 Å². The molecule has 0 aromatic carbocycles. The zero-order chi connectivity index (χ0) is 14.4. The van der Waals surface area contributed by atoms with E-state index in [0.29, 0.717) is 24.0 Å². The lowest BCUT2D eigenvalue weighted by molar-refractivity contribution is 0.0947. The van der Waals surface area contributed by atoms with Gasteiger partial charge in [0.25, 0.3) is 5.91 Å². The molecule has 1 heterocycles. The number of amides is 1. The second-order valence-corrected chi connectivity index (χ2v) is 5.25. The van der Waals surface area contributed by atoms with E-state index in [2.05, 4.69) is 27.7 Å². The number of hydrogen-bond donors (Lipinski definition) is 3. The van der Waals surface area contributed by atoms with Crippen molar-refractivity contribution in [2.24, 2.45) is 5.84 Å². The number of pyridine rings is 1. The third-order valence-corrected chi connectivity index (χ3v) is 3.87. The number of rotatable bonds is 6. The summed E-state index contributed by atoms with van der Waals surface area (Å²) >= 11 is 0. The van der Waals surface area contributed by atoms with Crippen molar-refractivity contribution in [3.8, 4) is 0 Å². The average molecular weight is 277 g/mol. The smallest absolute Gasteiger partial charge is 0.252 e. The lowest BCUT2D eigenvalue weighted by Crippen LogP contribution is -2.37. The summed E-state index contributed by atoms with van der Waals surface area (Å²) in [6, 6.07) is 4.07. The van der Waals surface area contributed by atoms with E-state index in [-0.39, 0.29) is 5.91 Å². The molecule has 1 aliphatic rings. The van der Waals surface area contributed by atoms with Gasteiger partial charge in [-0.25, -0.2) is 10.8 Å². The van der Waals surface area contributed by atoms with Gasteiger partial charge >= 0.3 is 0 Å². The van der Waals surface area contributed by atoms with Crippen molar-refractivity contribution in [2.75, 3.05) is 25.6 Å². The van der Waals surface area contributed by atoms with Crippen LogP contribution in [-0.2, 0) is 0 Å². The first-order chi connectivity index (χ1) is 9.70. The van der Waals surface area contributed by atoms with Gasteiger partial charge in [0, 0.05) is 25.3 Å². The average Bonchev–Trinajstić information content (AvgIpc) is 3.01. The van der Waals surface area contributed by atoms with Crippen LogP contribution >= 0.6 is 0 Å². The number of nitrogens with two attached hydrogens (primary N) is 1. The van der Waals surface area contributed by atoms with Crippen molar-refractivity contribution in [1.82, 2.24) is 15.2 Å². The van der Waals surface area contributed by atoms with Gasteiger partial charge in [-0.3, -0.25) is 4.79 Å². The maximum atomic E-state index is 11.9. The molecule has 1 amide bonds. The number of nitrogens with one attached hydrogen (secondary N) is 2. The van der Waals surface area contributed by atoms with Crippen molar-refractivity contribution in [1.29, 1.82) is 0 Å². The first-order valence-electron chi connectivity index (χ1n) is 7.12. The highest BCUT2D eigenvalue weighted by Crippen LogP contribution is 2.21. The summed E-state index contributed by atoms with van der Waals surface area (Å²) in [7, 11) is 2.13. The highest BCUT2D eigenvalue weighted by molar-refractivity contribution is 5.94. The Balaban J connectivity index is 1.73. The van der Waals surface area contributed by atoms with Crippen LogP contribution in [0.5, 0.6) is 0 Å². The largest absolute Gasteiger partial charge is 0.351 e. The minimum atomic E-state index is -0.0964. The van der Waals surface area contributed by atoms with Crippen LogP contribution in [0.15, 0.2) is 18.3 Å². The molecule has 0 unspecified atom stereocenters. The normalized spacial score (nSPS) is 15.6. The van der Waals surface area contributed by atoms with Crippen LogP contribution in [0, 0.1) is 0 Å². The molecule has 20 heavy (non-hydrogen) atoms. The molecule has 6 nitrogen and oxygen atoms in total. The highest BCUT2D eigenvalue weighted by atomic mass is 16.1. The van der Waals surface area contributed by atoms with Gasteiger partial charge < -0.3 is 15.6 Å². The molecule has 110 valence electrons. The van der Waals surface area contributed by atoms with Gasteiger partial charge in [-0.15, -0.1) is 0 Å². The molecule has 1 aliphatic carbocycles. The number of carbonyl (C=O) groups is 1. The zero-order valence-electron chi connectivity index (χ0n) is 11.9. The summed E-state index contributed by atoms with van der Waals surface area (Å²) in [5.41, 5.74) is 2.98. The van der Waals surface area contributed by atoms with Crippen molar-refractivity contribution in [3.05, 3.63) is 23.9 Å². The van der Waals surface area contributed by atoms with E-state index < -0.39 is 0 Å². The number of nitrogen functional groups attached to an aromatic ring is 1. The van der Waals surface area contributed by atoms with Gasteiger partial charge in [0.2, 0.25) is 0 Å². The van der Waals surface area contributed by atoms with Gasteiger partial charge in [0.15, 0.2) is 0 Å². The predicted molar refractivity (Wildman–Crippen MR) is 79.3 cm³/mol. The van der Waals surface area contributed by atoms with Crippen molar-refractivity contribution in [3.63, 3.8) is 0 Å². The lowest BCUT2D eigenvalue weighted by atomic mass is 10.2. The zero-order valence-corrected chi connectivity index (χ0v) is 11.9. The third kappa shape index (κ3) is 3.91. The van der Waals surface area contributed by atoms with E-state index in [9.17, 15) is 4.79 Å². The Morgan fingerprint density at radius 3 is 2.80 bits per heavy atom. The number of hydrazine groups is 1. The number of nitrogens with zero attached hydrogens (tertiary/aromatic N) is 2. The summed E-state index contributed by atoms with van der Waals surface area (Å²) < 4.78 is 0. The first kappa shape index (κ1) is 14.7. The fraction of sp³-hybridized carbons (Fsp3) is 0.571. The van der Waals surface area contributed by atoms with E-state index in [1.807, 2.05) is 0 Å². The Hall–Kier alpha value is -1.66. The van der Waals surface area contributed by atoms with Crippen LogP contribution in [0.25, 0.3) is 0 Å². The summed E-state index contributed by atoms with van der Waals surface area (Å²) in [6.45, 7) is 1.54. The molecule has 0 radical (unpaired) electrons. The molecule has 0 aliphatic heterocycles. The maximum Gasteiger partial charge on any atom is 0.252 e. The van der Waals surface area contributed by atoms with E-state index in [4.69, 9.17) is 5.84 Å². The molecule has 4 N–H and O–H groups in total. The topological polar surface area (TPSA) is 83.3 Å². The van der Waals surface area contributed by atoms with E-state index in [1.54, 1.807) is 12.1 Å². The molecule has 0 spiro atoms. The summed E-state index contributed by atoms with van der Waals surface area (Å²) in [5.74, 6) is 5.68. The van der Waals surface area contributed by atoms with E-state index in [1.165, 1.54) is 31.9 Å².